The molecule has 1 aromatic heterocycles. The fourth-order valence-corrected chi connectivity index (χ4v) is 2.77. The van der Waals surface area contributed by atoms with Crippen LogP contribution in [0.2, 0.25) is 0 Å². The standard InChI is InChI=1S/C16H21N5O/c1-12-16(13(2)22)17-18-21(12)15-6-4-14(5-7-15)20-10-8-19(3)9-11-20/h4-7H,8-11H2,1-3H3. The summed E-state index contributed by atoms with van der Waals surface area (Å²) in [5.41, 5.74) is 3.36. The number of hydrogen-bond donors (Lipinski definition) is 0. The number of likely N-dealkylation sites (N-methyl/N-ethyl adjacent to an activating group) is 1. The Balaban J connectivity index is 1.81. The van der Waals surface area contributed by atoms with Crippen LogP contribution in [0.15, 0.2) is 24.3 Å². The molecule has 1 aliphatic heterocycles. The van der Waals surface area contributed by atoms with Crippen LogP contribution in [0.5, 0.6) is 0 Å². The Hall–Kier alpha value is -2.21. The van der Waals surface area contributed by atoms with Crippen LogP contribution in [0.1, 0.15) is 23.1 Å². The molecule has 0 unspecified atom stereocenters. The van der Waals surface area contributed by atoms with Gasteiger partial charge in [-0.05, 0) is 38.2 Å². The Morgan fingerprint density at radius 1 is 1.05 bits per heavy atom. The lowest BCUT2D eigenvalue weighted by Gasteiger charge is -2.34. The van der Waals surface area contributed by atoms with Crippen LogP contribution >= 0.6 is 0 Å². The third kappa shape index (κ3) is 2.74. The van der Waals surface area contributed by atoms with E-state index in [2.05, 4.69) is 39.3 Å². The van der Waals surface area contributed by atoms with Crippen LogP contribution in [0.25, 0.3) is 5.69 Å². The second-order valence-corrected chi connectivity index (χ2v) is 5.80. The smallest absolute Gasteiger partial charge is 0.181 e. The lowest BCUT2D eigenvalue weighted by Crippen LogP contribution is -2.44. The molecule has 6 heteroatoms. The van der Waals surface area contributed by atoms with E-state index in [0.717, 1.165) is 37.6 Å². The average Bonchev–Trinajstić information content (AvgIpc) is 2.90. The third-order valence-electron chi connectivity index (χ3n) is 4.19. The van der Waals surface area contributed by atoms with Crippen molar-refractivity contribution in [2.45, 2.75) is 13.8 Å². The van der Waals surface area contributed by atoms with Crippen LogP contribution in [-0.2, 0) is 0 Å². The molecule has 6 nitrogen and oxygen atoms in total. The first-order valence-electron chi connectivity index (χ1n) is 7.53. The number of carbonyl (C=O) groups excluding carboxylic acids is 1. The number of benzene rings is 1. The molecule has 0 radical (unpaired) electrons. The first kappa shape index (κ1) is 14.7. The summed E-state index contributed by atoms with van der Waals surface area (Å²) in [6.07, 6.45) is 0. The number of piperazine rings is 1. The Kier molecular flexibility index (Phi) is 3.94. The highest BCUT2D eigenvalue weighted by Gasteiger charge is 2.16. The molecular weight excluding hydrogens is 278 g/mol. The van der Waals surface area contributed by atoms with Crippen molar-refractivity contribution in [1.29, 1.82) is 0 Å². The van der Waals surface area contributed by atoms with Gasteiger partial charge in [0.25, 0.3) is 0 Å². The van der Waals surface area contributed by atoms with Crippen molar-refractivity contribution in [2.75, 3.05) is 38.1 Å². The van der Waals surface area contributed by atoms with Gasteiger partial charge in [0, 0.05) is 38.8 Å². The number of nitrogens with zero attached hydrogens (tertiary/aromatic N) is 5. The summed E-state index contributed by atoms with van der Waals surface area (Å²) < 4.78 is 1.71. The van der Waals surface area contributed by atoms with E-state index in [0.29, 0.717) is 5.69 Å². The van der Waals surface area contributed by atoms with Gasteiger partial charge in [-0.1, -0.05) is 5.21 Å². The summed E-state index contributed by atoms with van der Waals surface area (Å²) in [6, 6.07) is 8.27. The van der Waals surface area contributed by atoms with E-state index in [1.165, 1.54) is 12.6 Å². The summed E-state index contributed by atoms with van der Waals surface area (Å²) in [4.78, 5) is 16.2. The van der Waals surface area contributed by atoms with E-state index in [1.807, 2.05) is 19.1 Å². The monoisotopic (exact) mass is 299 g/mol. The van der Waals surface area contributed by atoms with E-state index >= 15 is 0 Å². The third-order valence-corrected chi connectivity index (χ3v) is 4.19. The van der Waals surface area contributed by atoms with E-state index in [-0.39, 0.29) is 5.78 Å². The molecule has 1 aliphatic rings. The van der Waals surface area contributed by atoms with Gasteiger partial charge in [-0.3, -0.25) is 4.79 Å². The molecule has 0 saturated carbocycles. The minimum absolute atomic E-state index is 0.0576. The largest absolute Gasteiger partial charge is 0.369 e. The quantitative estimate of drug-likeness (QED) is 0.805. The van der Waals surface area contributed by atoms with E-state index in [1.54, 1.807) is 4.68 Å². The summed E-state index contributed by atoms with van der Waals surface area (Å²) in [5, 5.41) is 8.04. The Morgan fingerprint density at radius 2 is 1.64 bits per heavy atom. The van der Waals surface area contributed by atoms with Gasteiger partial charge in [-0.2, -0.15) is 0 Å². The normalized spacial score (nSPS) is 16.0. The van der Waals surface area contributed by atoms with Crippen LogP contribution in [0.4, 0.5) is 5.69 Å². The Labute approximate surface area is 130 Å². The number of hydrogen-bond acceptors (Lipinski definition) is 5. The van der Waals surface area contributed by atoms with Crippen molar-refractivity contribution in [2.24, 2.45) is 0 Å². The van der Waals surface area contributed by atoms with Gasteiger partial charge in [0.15, 0.2) is 11.5 Å². The molecule has 2 aromatic rings. The van der Waals surface area contributed by atoms with Crippen LogP contribution < -0.4 is 4.90 Å². The molecule has 22 heavy (non-hydrogen) atoms. The van der Waals surface area contributed by atoms with Gasteiger partial charge in [0.1, 0.15) is 0 Å². The lowest BCUT2D eigenvalue weighted by molar-refractivity contribution is 0.101. The van der Waals surface area contributed by atoms with E-state index in [4.69, 9.17) is 0 Å². The number of carbonyl (C=O) groups is 1. The van der Waals surface area contributed by atoms with Crippen molar-refractivity contribution in [3.05, 3.63) is 35.7 Å². The second kappa shape index (κ2) is 5.88. The topological polar surface area (TPSA) is 54.3 Å². The van der Waals surface area contributed by atoms with E-state index < -0.39 is 0 Å². The molecule has 0 amide bonds. The molecule has 3 rings (SSSR count). The Morgan fingerprint density at radius 3 is 2.18 bits per heavy atom. The zero-order valence-electron chi connectivity index (χ0n) is 13.3. The molecule has 0 spiro atoms. The molecule has 0 N–H and O–H groups in total. The zero-order valence-corrected chi connectivity index (χ0v) is 13.3. The first-order valence-corrected chi connectivity index (χ1v) is 7.53. The SMILES string of the molecule is CC(=O)c1nnn(-c2ccc(N3CCN(C)CC3)cc2)c1C. The number of rotatable bonds is 3. The van der Waals surface area contributed by atoms with Gasteiger partial charge in [-0.15, -0.1) is 5.10 Å². The summed E-state index contributed by atoms with van der Waals surface area (Å²) in [7, 11) is 2.15. The number of anilines is 1. The number of ketones is 1. The van der Waals surface area contributed by atoms with E-state index in [9.17, 15) is 4.79 Å². The average molecular weight is 299 g/mol. The molecule has 1 saturated heterocycles. The van der Waals surface area contributed by atoms with Gasteiger partial charge >= 0.3 is 0 Å². The fraction of sp³-hybridized carbons (Fsp3) is 0.438. The Bertz CT molecular complexity index is 668. The van der Waals surface area contributed by atoms with Crippen LogP contribution in [0.3, 0.4) is 0 Å². The maximum atomic E-state index is 11.5. The molecular formula is C16H21N5O. The number of Topliss-reactive ketones (excluding diaryl/α,β-unsaturated/α-hetero) is 1. The highest BCUT2D eigenvalue weighted by atomic mass is 16.1. The minimum atomic E-state index is -0.0576. The van der Waals surface area contributed by atoms with Crippen molar-refractivity contribution < 1.29 is 4.79 Å². The highest BCUT2D eigenvalue weighted by Crippen LogP contribution is 2.20. The maximum Gasteiger partial charge on any atom is 0.181 e. The molecule has 2 heterocycles. The number of aromatic nitrogens is 3. The molecule has 1 fully saturated rings. The van der Waals surface area contributed by atoms with Crippen LogP contribution in [0, 0.1) is 6.92 Å². The molecule has 0 aliphatic carbocycles. The van der Waals surface area contributed by atoms with Crippen molar-refractivity contribution in [3.63, 3.8) is 0 Å². The fourth-order valence-electron chi connectivity index (χ4n) is 2.77. The van der Waals surface area contributed by atoms with Crippen molar-refractivity contribution >= 4 is 11.5 Å². The summed E-state index contributed by atoms with van der Waals surface area (Å²) in [6.45, 7) is 7.65. The summed E-state index contributed by atoms with van der Waals surface area (Å²) in [5.74, 6) is -0.0576. The van der Waals surface area contributed by atoms with Crippen LogP contribution in [-0.4, -0.2) is 58.9 Å². The van der Waals surface area contributed by atoms with Gasteiger partial charge in [0.05, 0.1) is 11.4 Å². The maximum absolute atomic E-state index is 11.5. The zero-order chi connectivity index (χ0) is 15.7. The van der Waals surface area contributed by atoms with Gasteiger partial charge in [-0.25, -0.2) is 4.68 Å². The molecule has 0 atom stereocenters. The van der Waals surface area contributed by atoms with Gasteiger partial charge in [0.2, 0.25) is 0 Å². The predicted octanol–water partition coefficient (Wildman–Crippen LogP) is 1.53. The first-order chi connectivity index (χ1) is 10.6. The highest BCUT2D eigenvalue weighted by molar-refractivity contribution is 5.93. The lowest BCUT2D eigenvalue weighted by atomic mass is 10.2. The van der Waals surface area contributed by atoms with Gasteiger partial charge < -0.3 is 9.80 Å². The summed E-state index contributed by atoms with van der Waals surface area (Å²) >= 11 is 0. The van der Waals surface area contributed by atoms with Crippen molar-refractivity contribution in [3.8, 4) is 5.69 Å². The van der Waals surface area contributed by atoms with Crippen molar-refractivity contribution in [1.82, 2.24) is 19.9 Å². The molecule has 116 valence electrons. The molecule has 0 bridgehead atoms. The minimum Gasteiger partial charge on any atom is -0.369 e. The second-order valence-electron chi connectivity index (χ2n) is 5.80. The molecule has 1 aromatic carbocycles. The predicted molar refractivity (Wildman–Crippen MR) is 85.8 cm³/mol.